The van der Waals surface area contributed by atoms with Crippen molar-refractivity contribution in [2.24, 2.45) is 0 Å². The molecule has 0 rings (SSSR count). The number of nitrogens with zero attached hydrogens (tertiary/aromatic N) is 1. The van der Waals surface area contributed by atoms with E-state index in [1.54, 1.807) is 6.08 Å². The molecule has 2 N–H and O–H groups in total. The highest BCUT2D eigenvalue weighted by molar-refractivity contribution is 7.45. The third-order valence-corrected chi connectivity index (χ3v) is 11.6. The summed E-state index contributed by atoms with van der Waals surface area (Å²) in [6.07, 6.45) is 69.7. The summed E-state index contributed by atoms with van der Waals surface area (Å²) in [4.78, 5) is 25.4. The molecule has 0 fully saturated rings. The van der Waals surface area contributed by atoms with Gasteiger partial charge in [0, 0.05) is 6.42 Å². The molecule has 0 saturated carbocycles. The molecule has 0 aromatic heterocycles. The second-order valence-electron chi connectivity index (χ2n) is 18.1. The zero-order valence-corrected chi connectivity index (χ0v) is 43.5. The van der Waals surface area contributed by atoms with Gasteiger partial charge in [0.15, 0.2) is 0 Å². The standard InChI is InChI=1S/C57H97N2O6P/c1-6-8-10-12-14-16-18-20-22-23-24-25-26-27-28-29-30-31-32-33-34-35-37-39-41-43-45-47-49-51-57(61)58-55(54-65-66(62,63)64-53-52-59(3,4)5)56(60)50-48-46-44-42-40-38-36-21-19-17-15-13-11-9-7-2/h8,10,14,16,19-22,24-25,27-28,30-31,33-34,40,42,48,50,55-56,60H,6-7,9,11-13,15,17-18,23,26,29,32,35-39,41,43-47,49,51-54H2,1-5H3,(H-,58,61,62,63)/b10-8-,16-14-,21-19+,22-20-,25-24-,28-27-,31-30-,34-33-,42-40+,50-48+. The molecule has 0 aromatic carbocycles. The van der Waals surface area contributed by atoms with Crippen LogP contribution in [-0.4, -0.2) is 68.5 Å². The van der Waals surface area contributed by atoms with Gasteiger partial charge >= 0.3 is 0 Å². The lowest BCUT2D eigenvalue weighted by Gasteiger charge is -2.29. The summed E-state index contributed by atoms with van der Waals surface area (Å²) in [5, 5.41) is 13.8. The van der Waals surface area contributed by atoms with Crippen molar-refractivity contribution in [3.8, 4) is 0 Å². The normalized spacial score (nSPS) is 15.1. The summed E-state index contributed by atoms with van der Waals surface area (Å²) in [5.74, 6) is -0.230. The number of nitrogens with one attached hydrogen (secondary N) is 1. The van der Waals surface area contributed by atoms with Crippen LogP contribution in [0.2, 0.25) is 0 Å². The lowest BCUT2D eigenvalue weighted by molar-refractivity contribution is -0.870. The molecule has 0 aliphatic rings. The molecular weight excluding hydrogens is 840 g/mol. The molecule has 0 spiro atoms. The van der Waals surface area contributed by atoms with Crippen LogP contribution >= 0.6 is 7.82 Å². The Hall–Kier alpha value is -3.10. The summed E-state index contributed by atoms with van der Waals surface area (Å²) in [7, 11) is 1.20. The zero-order chi connectivity index (χ0) is 48.5. The van der Waals surface area contributed by atoms with Crippen molar-refractivity contribution >= 4 is 13.7 Å². The van der Waals surface area contributed by atoms with Crippen molar-refractivity contribution in [1.29, 1.82) is 0 Å². The second kappa shape index (κ2) is 47.0. The van der Waals surface area contributed by atoms with Gasteiger partial charge in [-0.15, -0.1) is 0 Å². The SMILES string of the molecule is CC/C=C\C/C=C\C/C=C\C/C=C\C/C=C\C/C=C\C/C=C\CCCCCCCCCC(=O)NC(COP(=O)([O-])OCC[N+](C)(C)C)C(O)/C=C/CC/C=C/CC/C=C/CCCCCCC. The Balaban J connectivity index is 4.35. The molecule has 0 bridgehead atoms. The highest BCUT2D eigenvalue weighted by atomic mass is 31.2. The maximum absolute atomic E-state index is 12.9. The predicted molar refractivity (Wildman–Crippen MR) is 283 cm³/mol. The minimum Gasteiger partial charge on any atom is -0.756 e. The van der Waals surface area contributed by atoms with Gasteiger partial charge in [-0.05, 0) is 103 Å². The lowest BCUT2D eigenvalue weighted by Crippen LogP contribution is -2.45. The number of quaternary nitrogens is 1. The molecular formula is C57H97N2O6P. The number of carbonyl (C=O) groups excluding carboxylic acids is 1. The van der Waals surface area contributed by atoms with Crippen LogP contribution in [0.25, 0.3) is 0 Å². The quantitative estimate of drug-likeness (QED) is 0.0273. The first-order chi connectivity index (χ1) is 32.0. The van der Waals surface area contributed by atoms with E-state index in [1.165, 1.54) is 51.4 Å². The molecule has 0 radical (unpaired) electrons. The second-order valence-corrected chi connectivity index (χ2v) is 19.5. The average Bonchev–Trinajstić information content (AvgIpc) is 3.28. The van der Waals surface area contributed by atoms with Gasteiger partial charge in [-0.1, -0.05) is 193 Å². The number of allylic oxidation sites excluding steroid dienone is 19. The Morgan fingerprint density at radius 2 is 0.939 bits per heavy atom. The van der Waals surface area contributed by atoms with Crippen LogP contribution in [0.4, 0.5) is 0 Å². The number of hydrogen-bond acceptors (Lipinski definition) is 6. The Labute approximate surface area is 405 Å². The number of aliphatic hydroxyl groups excluding tert-OH is 1. The first-order valence-electron chi connectivity index (χ1n) is 25.9. The number of rotatable bonds is 45. The molecule has 0 aromatic rings. The van der Waals surface area contributed by atoms with E-state index in [4.69, 9.17) is 9.05 Å². The summed E-state index contributed by atoms with van der Waals surface area (Å²) in [6.45, 7) is 4.45. The van der Waals surface area contributed by atoms with Gasteiger partial charge in [-0.3, -0.25) is 9.36 Å². The van der Waals surface area contributed by atoms with Gasteiger partial charge in [0.2, 0.25) is 5.91 Å². The monoisotopic (exact) mass is 937 g/mol. The van der Waals surface area contributed by atoms with Crippen molar-refractivity contribution < 1.29 is 32.9 Å². The number of phosphoric ester groups is 1. The van der Waals surface area contributed by atoms with Crippen LogP contribution < -0.4 is 10.2 Å². The maximum atomic E-state index is 12.9. The first kappa shape index (κ1) is 62.9. The number of unbranched alkanes of at least 4 members (excludes halogenated alkanes) is 14. The van der Waals surface area contributed by atoms with E-state index in [2.05, 4.69) is 129 Å². The number of likely N-dealkylation sites (N-methyl/N-ethyl adjacent to an activating group) is 1. The smallest absolute Gasteiger partial charge is 0.268 e. The summed E-state index contributed by atoms with van der Waals surface area (Å²) < 4.78 is 23.2. The Morgan fingerprint density at radius 3 is 1.41 bits per heavy atom. The van der Waals surface area contributed by atoms with E-state index >= 15 is 0 Å². The van der Waals surface area contributed by atoms with Crippen LogP contribution in [0.15, 0.2) is 122 Å². The lowest BCUT2D eigenvalue weighted by atomic mass is 10.1. The van der Waals surface area contributed by atoms with Gasteiger partial charge < -0.3 is 28.8 Å². The van der Waals surface area contributed by atoms with Gasteiger partial charge in [0.1, 0.15) is 13.2 Å². The third-order valence-electron chi connectivity index (χ3n) is 10.6. The number of amides is 1. The minimum absolute atomic E-state index is 0.0184. The predicted octanol–water partition coefficient (Wildman–Crippen LogP) is 14.8. The number of hydrogen-bond donors (Lipinski definition) is 2. The fourth-order valence-electron chi connectivity index (χ4n) is 6.57. The fraction of sp³-hybridized carbons (Fsp3) is 0.632. The molecule has 8 nitrogen and oxygen atoms in total. The van der Waals surface area contributed by atoms with Crippen molar-refractivity contribution in [1.82, 2.24) is 5.32 Å². The van der Waals surface area contributed by atoms with Gasteiger partial charge in [0.25, 0.3) is 7.82 Å². The summed E-state index contributed by atoms with van der Waals surface area (Å²) >= 11 is 0. The molecule has 66 heavy (non-hydrogen) atoms. The van der Waals surface area contributed by atoms with Crippen LogP contribution in [0.3, 0.4) is 0 Å². The fourth-order valence-corrected chi connectivity index (χ4v) is 7.30. The minimum atomic E-state index is -4.62. The molecule has 3 atom stereocenters. The highest BCUT2D eigenvalue weighted by Gasteiger charge is 2.23. The van der Waals surface area contributed by atoms with Crippen LogP contribution in [0.5, 0.6) is 0 Å². The summed E-state index contributed by atoms with van der Waals surface area (Å²) in [5.41, 5.74) is 0. The molecule has 3 unspecified atom stereocenters. The van der Waals surface area contributed by atoms with E-state index in [0.29, 0.717) is 17.4 Å². The number of aliphatic hydroxyl groups is 1. The average molecular weight is 937 g/mol. The van der Waals surface area contributed by atoms with Crippen LogP contribution in [0, 0.1) is 0 Å². The highest BCUT2D eigenvalue weighted by Crippen LogP contribution is 2.38. The van der Waals surface area contributed by atoms with Crippen molar-refractivity contribution in [2.45, 2.75) is 193 Å². The largest absolute Gasteiger partial charge is 0.756 e. The Bertz CT molecular complexity index is 1480. The molecule has 376 valence electrons. The van der Waals surface area contributed by atoms with E-state index in [0.717, 1.165) is 109 Å². The van der Waals surface area contributed by atoms with E-state index < -0.39 is 26.6 Å². The zero-order valence-electron chi connectivity index (χ0n) is 42.6. The molecule has 0 aliphatic heterocycles. The van der Waals surface area contributed by atoms with E-state index in [9.17, 15) is 19.4 Å². The van der Waals surface area contributed by atoms with Gasteiger partial charge in [0.05, 0.1) is 39.9 Å². The Kier molecular flexibility index (Phi) is 44.8. The van der Waals surface area contributed by atoms with Crippen LogP contribution in [-0.2, 0) is 18.4 Å². The molecule has 0 aliphatic carbocycles. The topological polar surface area (TPSA) is 108 Å². The number of carbonyl (C=O) groups is 1. The summed E-state index contributed by atoms with van der Waals surface area (Å²) in [6, 6.07) is -0.924. The maximum Gasteiger partial charge on any atom is 0.268 e. The van der Waals surface area contributed by atoms with Gasteiger partial charge in [-0.25, -0.2) is 0 Å². The first-order valence-corrected chi connectivity index (χ1v) is 27.4. The third kappa shape index (κ3) is 48.8. The van der Waals surface area contributed by atoms with Gasteiger partial charge in [-0.2, -0.15) is 0 Å². The van der Waals surface area contributed by atoms with Crippen molar-refractivity contribution in [2.75, 3.05) is 40.9 Å². The molecule has 9 heteroatoms. The molecule has 0 saturated heterocycles. The van der Waals surface area contributed by atoms with Crippen molar-refractivity contribution in [3.05, 3.63) is 122 Å². The molecule has 1 amide bonds. The Morgan fingerprint density at radius 1 is 0.545 bits per heavy atom. The van der Waals surface area contributed by atoms with E-state index in [1.807, 2.05) is 27.2 Å². The number of phosphoric acid groups is 1. The van der Waals surface area contributed by atoms with E-state index in [-0.39, 0.29) is 12.5 Å². The van der Waals surface area contributed by atoms with Crippen LogP contribution in [0.1, 0.15) is 181 Å². The molecule has 0 heterocycles. The van der Waals surface area contributed by atoms with Crippen molar-refractivity contribution in [3.63, 3.8) is 0 Å².